The van der Waals surface area contributed by atoms with Gasteiger partial charge in [0, 0.05) is 12.5 Å². The lowest BCUT2D eigenvalue weighted by Crippen LogP contribution is -2.27. The zero-order valence-corrected chi connectivity index (χ0v) is 7.99. The molecule has 0 saturated heterocycles. The molecule has 0 spiro atoms. The van der Waals surface area contributed by atoms with E-state index in [1.807, 2.05) is 0 Å². The fraction of sp³-hybridized carbons (Fsp3) is 0.818. The molecule has 0 radical (unpaired) electrons. The van der Waals surface area contributed by atoms with Gasteiger partial charge in [0.1, 0.15) is 0 Å². The van der Waals surface area contributed by atoms with Gasteiger partial charge >= 0.3 is 0 Å². The normalized spacial score (nSPS) is 44.2. The van der Waals surface area contributed by atoms with E-state index in [2.05, 4.69) is 26.0 Å². The summed E-state index contributed by atoms with van der Waals surface area (Å²) < 4.78 is 5.79. The van der Waals surface area contributed by atoms with Crippen molar-refractivity contribution < 1.29 is 4.74 Å². The maximum absolute atomic E-state index is 5.79. The fourth-order valence-electron chi connectivity index (χ4n) is 2.85. The lowest BCUT2D eigenvalue weighted by molar-refractivity contribution is 0.0102. The molecule has 4 atom stereocenters. The van der Waals surface area contributed by atoms with Gasteiger partial charge in [0.25, 0.3) is 0 Å². The Morgan fingerprint density at radius 2 is 2.00 bits per heavy atom. The molecule has 0 aliphatic heterocycles. The van der Waals surface area contributed by atoms with Crippen LogP contribution in [0.15, 0.2) is 12.2 Å². The molecule has 2 aliphatic rings. The fourth-order valence-corrected chi connectivity index (χ4v) is 2.85. The first-order valence-corrected chi connectivity index (χ1v) is 5.16. The van der Waals surface area contributed by atoms with Gasteiger partial charge in [-0.05, 0) is 25.2 Å². The van der Waals surface area contributed by atoms with Crippen LogP contribution in [-0.2, 0) is 4.74 Å². The molecular formula is C11H18O. The molecule has 68 valence electrons. The van der Waals surface area contributed by atoms with Crippen molar-refractivity contribution in [1.82, 2.24) is 0 Å². The Balaban J connectivity index is 2.07. The monoisotopic (exact) mass is 166 g/mol. The summed E-state index contributed by atoms with van der Waals surface area (Å²) in [5.74, 6) is 2.37. The third-order valence-electron chi connectivity index (χ3n) is 3.37. The van der Waals surface area contributed by atoms with E-state index in [9.17, 15) is 0 Å². The van der Waals surface area contributed by atoms with Crippen LogP contribution in [0.1, 0.15) is 26.7 Å². The van der Waals surface area contributed by atoms with Crippen molar-refractivity contribution in [2.45, 2.75) is 32.8 Å². The Morgan fingerprint density at radius 1 is 1.25 bits per heavy atom. The van der Waals surface area contributed by atoms with Crippen molar-refractivity contribution in [1.29, 1.82) is 0 Å². The van der Waals surface area contributed by atoms with Crippen LogP contribution >= 0.6 is 0 Å². The van der Waals surface area contributed by atoms with E-state index in [1.54, 1.807) is 0 Å². The predicted molar refractivity (Wildman–Crippen MR) is 49.9 cm³/mol. The van der Waals surface area contributed by atoms with Crippen molar-refractivity contribution in [3.63, 3.8) is 0 Å². The number of hydrogen-bond acceptors (Lipinski definition) is 1. The van der Waals surface area contributed by atoms with Crippen molar-refractivity contribution in [3.8, 4) is 0 Å². The second-order valence-electron chi connectivity index (χ2n) is 3.94. The number of hydrogen-bond donors (Lipinski definition) is 0. The van der Waals surface area contributed by atoms with Crippen molar-refractivity contribution in [2.24, 2.45) is 17.8 Å². The van der Waals surface area contributed by atoms with Crippen LogP contribution in [0.3, 0.4) is 0 Å². The first-order valence-electron chi connectivity index (χ1n) is 5.16. The third kappa shape index (κ3) is 1.11. The van der Waals surface area contributed by atoms with E-state index in [0.717, 1.165) is 24.4 Å². The minimum atomic E-state index is 0.537. The highest BCUT2D eigenvalue weighted by Crippen LogP contribution is 2.46. The van der Waals surface area contributed by atoms with Crippen LogP contribution in [0.2, 0.25) is 0 Å². The van der Waals surface area contributed by atoms with Crippen LogP contribution in [0.4, 0.5) is 0 Å². The molecule has 0 amide bonds. The quantitative estimate of drug-likeness (QED) is 0.586. The van der Waals surface area contributed by atoms with E-state index >= 15 is 0 Å². The molecule has 1 saturated carbocycles. The highest BCUT2D eigenvalue weighted by molar-refractivity contribution is 5.14. The van der Waals surface area contributed by atoms with Gasteiger partial charge in [-0.2, -0.15) is 0 Å². The van der Waals surface area contributed by atoms with Crippen LogP contribution in [-0.4, -0.2) is 12.7 Å². The van der Waals surface area contributed by atoms with Gasteiger partial charge in [0.2, 0.25) is 0 Å². The number of ether oxygens (including phenoxy) is 1. The Morgan fingerprint density at radius 3 is 2.67 bits per heavy atom. The van der Waals surface area contributed by atoms with Gasteiger partial charge in [0.15, 0.2) is 0 Å². The second-order valence-corrected chi connectivity index (χ2v) is 3.94. The standard InChI is InChI=1S/C11H18O/c1-3-10-8-5-6-9(7-8)11(10)12-4-2/h5-6,8-11H,3-4,7H2,1-2H3. The van der Waals surface area contributed by atoms with E-state index in [4.69, 9.17) is 4.74 Å². The van der Waals surface area contributed by atoms with Gasteiger partial charge in [-0.1, -0.05) is 25.5 Å². The summed E-state index contributed by atoms with van der Waals surface area (Å²) in [6, 6.07) is 0. The van der Waals surface area contributed by atoms with Crippen LogP contribution in [0.5, 0.6) is 0 Å². The average molecular weight is 166 g/mol. The molecule has 1 heteroatoms. The largest absolute Gasteiger partial charge is 0.378 e. The number of allylic oxidation sites excluding steroid dienone is 1. The molecule has 2 rings (SSSR count). The van der Waals surface area contributed by atoms with Gasteiger partial charge in [-0.3, -0.25) is 0 Å². The molecule has 1 nitrogen and oxygen atoms in total. The zero-order chi connectivity index (χ0) is 8.55. The minimum Gasteiger partial charge on any atom is -0.378 e. The smallest absolute Gasteiger partial charge is 0.0671 e. The maximum Gasteiger partial charge on any atom is 0.0671 e. The molecule has 0 N–H and O–H groups in total. The molecule has 4 unspecified atom stereocenters. The Kier molecular flexibility index (Phi) is 2.22. The first-order chi connectivity index (χ1) is 5.86. The van der Waals surface area contributed by atoms with Crippen LogP contribution in [0, 0.1) is 17.8 Å². The Bertz CT molecular complexity index is 185. The minimum absolute atomic E-state index is 0.537. The van der Waals surface area contributed by atoms with Crippen molar-refractivity contribution in [2.75, 3.05) is 6.61 Å². The zero-order valence-electron chi connectivity index (χ0n) is 7.99. The van der Waals surface area contributed by atoms with Gasteiger partial charge in [-0.25, -0.2) is 0 Å². The van der Waals surface area contributed by atoms with E-state index < -0.39 is 0 Å². The lowest BCUT2D eigenvalue weighted by atomic mass is 9.89. The van der Waals surface area contributed by atoms with Crippen LogP contribution in [0.25, 0.3) is 0 Å². The van der Waals surface area contributed by atoms with E-state index in [1.165, 1.54) is 12.8 Å². The highest BCUT2D eigenvalue weighted by atomic mass is 16.5. The molecule has 1 fully saturated rings. The summed E-state index contributed by atoms with van der Waals surface area (Å²) in [6.07, 6.45) is 7.92. The Hall–Kier alpha value is -0.300. The summed E-state index contributed by atoms with van der Waals surface area (Å²) >= 11 is 0. The van der Waals surface area contributed by atoms with Crippen molar-refractivity contribution >= 4 is 0 Å². The molecule has 0 aromatic rings. The number of rotatable bonds is 3. The van der Waals surface area contributed by atoms with Crippen LogP contribution < -0.4 is 0 Å². The first kappa shape index (κ1) is 8.31. The van der Waals surface area contributed by atoms with Gasteiger partial charge in [0.05, 0.1) is 6.10 Å². The van der Waals surface area contributed by atoms with Gasteiger partial charge in [-0.15, -0.1) is 0 Å². The molecule has 2 aliphatic carbocycles. The second kappa shape index (κ2) is 3.21. The summed E-state index contributed by atoms with van der Waals surface area (Å²) in [7, 11) is 0. The topological polar surface area (TPSA) is 9.23 Å². The molecule has 0 aromatic heterocycles. The molecule has 12 heavy (non-hydrogen) atoms. The molecule has 0 heterocycles. The average Bonchev–Trinajstić information content (AvgIpc) is 2.64. The van der Waals surface area contributed by atoms with Gasteiger partial charge < -0.3 is 4.74 Å². The number of fused-ring (bicyclic) bond motifs is 2. The maximum atomic E-state index is 5.79. The summed E-state index contributed by atoms with van der Waals surface area (Å²) in [5.41, 5.74) is 0. The summed E-state index contributed by atoms with van der Waals surface area (Å²) in [5, 5.41) is 0. The molecule has 0 aromatic carbocycles. The Labute approximate surface area is 74.8 Å². The molecule has 2 bridgehead atoms. The molecular weight excluding hydrogens is 148 g/mol. The lowest BCUT2D eigenvalue weighted by Gasteiger charge is -2.26. The third-order valence-corrected chi connectivity index (χ3v) is 3.37. The highest BCUT2D eigenvalue weighted by Gasteiger charge is 2.43. The van der Waals surface area contributed by atoms with E-state index in [-0.39, 0.29) is 0 Å². The summed E-state index contributed by atoms with van der Waals surface area (Å²) in [4.78, 5) is 0. The SMILES string of the molecule is CCOC1C2C=CC(C2)C1CC. The predicted octanol–water partition coefficient (Wildman–Crippen LogP) is 2.62. The van der Waals surface area contributed by atoms with Crippen molar-refractivity contribution in [3.05, 3.63) is 12.2 Å². The van der Waals surface area contributed by atoms with E-state index in [0.29, 0.717) is 6.10 Å². The summed E-state index contributed by atoms with van der Waals surface area (Å²) in [6.45, 7) is 5.26.